The first-order valence-corrected chi connectivity index (χ1v) is 14.1. The first-order valence-electron chi connectivity index (χ1n) is 14.1. The van der Waals surface area contributed by atoms with Gasteiger partial charge in [0.05, 0.1) is 35.4 Å². The standard InChI is InChI=1S/C30H36N6O2/c1-20-17-34(19-22(20)16-31)29-21(2)18-36-28(32-29)15-25(33-36)26-12-7-8-14-35(26)30(37)24-11-5-6-13-27(24)38-23-9-3-4-10-23/h5-6,11,13,15,18,20,22-23,26H,3-4,7-10,12,14,17,19H2,1-2H3/t20-,22+,26-/m0/s1. The van der Waals surface area contributed by atoms with E-state index in [0.29, 0.717) is 30.3 Å². The fourth-order valence-electron chi connectivity index (χ4n) is 6.38. The summed E-state index contributed by atoms with van der Waals surface area (Å²) in [6.45, 7) is 6.41. The van der Waals surface area contributed by atoms with Crippen molar-refractivity contribution in [1.82, 2.24) is 19.5 Å². The third kappa shape index (κ3) is 4.59. The number of rotatable bonds is 5. The Hall–Kier alpha value is -3.60. The van der Waals surface area contributed by atoms with Crippen LogP contribution in [0.15, 0.2) is 36.5 Å². The summed E-state index contributed by atoms with van der Waals surface area (Å²) < 4.78 is 8.14. The molecule has 3 atom stereocenters. The second-order valence-electron chi connectivity index (χ2n) is 11.3. The van der Waals surface area contributed by atoms with E-state index in [1.807, 2.05) is 52.9 Å². The maximum absolute atomic E-state index is 13.9. The van der Waals surface area contributed by atoms with E-state index in [4.69, 9.17) is 14.8 Å². The van der Waals surface area contributed by atoms with E-state index in [0.717, 1.165) is 61.4 Å². The second kappa shape index (κ2) is 10.3. The fourth-order valence-corrected chi connectivity index (χ4v) is 6.38. The van der Waals surface area contributed by atoms with Gasteiger partial charge in [-0.05, 0) is 69.9 Å². The van der Waals surface area contributed by atoms with Gasteiger partial charge in [0, 0.05) is 37.5 Å². The summed E-state index contributed by atoms with van der Waals surface area (Å²) in [6.07, 6.45) is 9.62. The van der Waals surface area contributed by atoms with Crippen molar-refractivity contribution in [3.8, 4) is 11.8 Å². The number of anilines is 1. The van der Waals surface area contributed by atoms with Gasteiger partial charge in [-0.15, -0.1) is 0 Å². The lowest BCUT2D eigenvalue weighted by Gasteiger charge is -2.35. The Balaban J connectivity index is 1.28. The zero-order valence-electron chi connectivity index (χ0n) is 22.3. The van der Waals surface area contributed by atoms with Crippen molar-refractivity contribution in [3.63, 3.8) is 0 Å². The summed E-state index contributed by atoms with van der Waals surface area (Å²) in [7, 11) is 0. The molecule has 4 heterocycles. The van der Waals surface area contributed by atoms with Crippen molar-refractivity contribution in [1.29, 1.82) is 5.26 Å². The minimum absolute atomic E-state index is 0.0128. The SMILES string of the molecule is Cc1cn2nc([C@@H]3CCCCN3C(=O)c3ccccc3OC3CCCC3)cc2nc1N1C[C@@H](C#N)[C@@H](C)C1. The van der Waals surface area contributed by atoms with Gasteiger partial charge in [0.1, 0.15) is 11.6 Å². The monoisotopic (exact) mass is 512 g/mol. The third-order valence-corrected chi connectivity index (χ3v) is 8.52. The average molecular weight is 513 g/mol. The highest BCUT2D eigenvalue weighted by Crippen LogP contribution is 2.35. The van der Waals surface area contributed by atoms with E-state index in [9.17, 15) is 10.1 Å². The predicted molar refractivity (Wildman–Crippen MR) is 145 cm³/mol. The van der Waals surface area contributed by atoms with Crippen LogP contribution in [0.2, 0.25) is 0 Å². The van der Waals surface area contributed by atoms with Crippen molar-refractivity contribution in [3.05, 3.63) is 53.3 Å². The highest BCUT2D eigenvalue weighted by molar-refractivity contribution is 5.97. The predicted octanol–water partition coefficient (Wildman–Crippen LogP) is 5.32. The number of carbonyl (C=O) groups excluding carboxylic acids is 1. The Morgan fingerprint density at radius 1 is 1.11 bits per heavy atom. The number of aryl methyl sites for hydroxylation is 1. The molecule has 38 heavy (non-hydrogen) atoms. The lowest BCUT2D eigenvalue weighted by molar-refractivity contribution is 0.0598. The summed E-state index contributed by atoms with van der Waals surface area (Å²) in [5, 5.41) is 14.4. The van der Waals surface area contributed by atoms with Gasteiger partial charge in [0.2, 0.25) is 0 Å². The number of carbonyl (C=O) groups is 1. The van der Waals surface area contributed by atoms with Gasteiger partial charge in [-0.25, -0.2) is 9.50 Å². The second-order valence-corrected chi connectivity index (χ2v) is 11.3. The molecule has 0 unspecified atom stereocenters. The summed E-state index contributed by atoms with van der Waals surface area (Å²) in [5.41, 5.74) is 3.33. The third-order valence-electron chi connectivity index (χ3n) is 8.52. The number of amides is 1. The lowest BCUT2D eigenvalue weighted by Crippen LogP contribution is -2.39. The average Bonchev–Trinajstić information content (AvgIpc) is 3.68. The Morgan fingerprint density at radius 2 is 1.89 bits per heavy atom. The summed E-state index contributed by atoms with van der Waals surface area (Å²) in [4.78, 5) is 23.1. The van der Waals surface area contributed by atoms with Crippen LogP contribution in [0.3, 0.4) is 0 Å². The van der Waals surface area contributed by atoms with Gasteiger partial charge in [0.15, 0.2) is 5.65 Å². The quantitative estimate of drug-likeness (QED) is 0.460. The Kier molecular flexibility index (Phi) is 6.69. The molecule has 3 fully saturated rings. The lowest BCUT2D eigenvalue weighted by atomic mass is 9.98. The van der Waals surface area contributed by atoms with E-state index in [1.54, 1.807) is 0 Å². The molecular formula is C30H36N6O2. The van der Waals surface area contributed by atoms with E-state index in [1.165, 1.54) is 12.8 Å². The van der Waals surface area contributed by atoms with Gasteiger partial charge in [0.25, 0.3) is 5.91 Å². The van der Waals surface area contributed by atoms with Crippen molar-refractivity contribution in [2.45, 2.75) is 70.9 Å². The molecule has 8 nitrogen and oxygen atoms in total. The number of nitriles is 1. The van der Waals surface area contributed by atoms with Crippen LogP contribution in [-0.4, -0.2) is 51.1 Å². The Labute approximate surface area is 224 Å². The molecule has 0 spiro atoms. The molecule has 6 rings (SSSR count). The molecular weight excluding hydrogens is 476 g/mol. The van der Waals surface area contributed by atoms with Crippen molar-refractivity contribution < 1.29 is 9.53 Å². The highest BCUT2D eigenvalue weighted by Gasteiger charge is 2.34. The first kappa shape index (κ1) is 24.7. The topological polar surface area (TPSA) is 86.8 Å². The molecule has 3 aromatic rings. The number of hydrogen-bond acceptors (Lipinski definition) is 6. The van der Waals surface area contributed by atoms with Crippen molar-refractivity contribution in [2.24, 2.45) is 11.8 Å². The number of piperidine rings is 1. The van der Waals surface area contributed by atoms with Gasteiger partial charge in [-0.1, -0.05) is 19.1 Å². The molecule has 198 valence electrons. The van der Waals surface area contributed by atoms with Crippen LogP contribution >= 0.6 is 0 Å². The molecule has 1 aliphatic carbocycles. The van der Waals surface area contributed by atoms with Crippen LogP contribution in [0.4, 0.5) is 5.82 Å². The maximum Gasteiger partial charge on any atom is 0.258 e. The van der Waals surface area contributed by atoms with E-state index >= 15 is 0 Å². The number of aromatic nitrogens is 3. The van der Waals surface area contributed by atoms with Crippen LogP contribution < -0.4 is 9.64 Å². The molecule has 1 aromatic carbocycles. The Bertz CT molecular complexity index is 1370. The molecule has 3 aliphatic rings. The molecule has 1 amide bonds. The van der Waals surface area contributed by atoms with Crippen LogP contribution in [0.25, 0.3) is 5.65 Å². The molecule has 0 N–H and O–H groups in total. The number of nitrogens with zero attached hydrogens (tertiary/aromatic N) is 6. The largest absolute Gasteiger partial charge is 0.490 e. The molecule has 2 saturated heterocycles. The van der Waals surface area contributed by atoms with E-state index in [-0.39, 0.29) is 24.0 Å². The minimum atomic E-state index is -0.101. The highest BCUT2D eigenvalue weighted by atomic mass is 16.5. The summed E-state index contributed by atoms with van der Waals surface area (Å²) in [5.74, 6) is 1.97. The number of hydrogen-bond donors (Lipinski definition) is 0. The first-order chi connectivity index (χ1) is 18.5. The molecule has 0 bridgehead atoms. The van der Waals surface area contributed by atoms with Crippen LogP contribution in [0.1, 0.15) is 79.5 Å². The number of benzene rings is 1. The summed E-state index contributed by atoms with van der Waals surface area (Å²) in [6, 6.07) is 12.1. The maximum atomic E-state index is 13.9. The van der Waals surface area contributed by atoms with Crippen LogP contribution in [-0.2, 0) is 0 Å². The van der Waals surface area contributed by atoms with Crippen LogP contribution in [0, 0.1) is 30.1 Å². The molecule has 1 saturated carbocycles. The van der Waals surface area contributed by atoms with Gasteiger partial charge < -0.3 is 14.5 Å². The fraction of sp³-hybridized carbons (Fsp3) is 0.533. The normalized spacial score (nSPS) is 24.2. The zero-order chi connectivity index (χ0) is 26.2. The Morgan fingerprint density at radius 3 is 2.68 bits per heavy atom. The molecule has 2 aliphatic heterocycles. The van der Waals surface area contributed by atoms with Crippen LogP contribution in [0.5, 0.6) is 5.75 Å². The number of fused-ring (bicyclic) bond motifs is 1. The minimum Gasteiger partial charge on any atom is -0.490 e. The van der Waals surface area contributed by atoms with E-state index in [2.05, 4.69) is 17.9 Å². The van der Waals surface area contributed by atoms with E-state index < -0.39 is 0 Å². The number of para-hydroxylation sites is 1. The van der Waals surface area contributed by atoms with Crippen molar-refractivity contribution >= 4 is 17.4 Å². The van der Waals surface area contributed by atoms with Gasteiger partial charge in [-0.3, -0.25) is 4.79 Å². The zero-order valence-corrected chi connectivity index (χ0v) is 22.3. The molecule has 8 heteroatoms. The number of likely N-dealkylation sites (tertiary alicyclic amines) is 1. The van der Waals surface area contributed by atoms with Gasteiger partial charge >= 0.3 is 0 Å². The van der Waals surface area contributed by atoms with Gasteiger partial charge in [-0.2, -0.15) is 10.4 Å². The molecule has 0 radical (unpaired) electrons. The van der Waals surface area contributed by atoms with Crippen molar-refractivity contribution in [2.75, 3.05) is 24.5 Å². The summed E-state index contributed by atoms with van der Waals surface area (Å²) >= 11 is 0. The number of ether oxygens (including phenoxy) is 1. The molecule has 2 aromatic heterocycles. The smallest absolute Gasteiger partial charge is 0.258 e.